The highest BCUT2D eigenvalue weighted by molar-refractivity contribution is 7.91. The molecule has 1 aromatic heterocycles. The number of carbonyl (C=O) groups is 1. The second-order valence-corrected chi connectivity index (χ2v) is 8.48. The Morgan fingerprint density at radius 2 is 2.09 bits per heavy atom. The molecule has 1 fully saturated rings. The molecular weight excluding hydrogens is 302 g/mol. The van der Waals surface area contributed by atoms with E-state index < -0.39 is 9.84 Å². The Bertz CT molecular complexity index is 693. The molecule has 0 spiro atoms. The lowest BCUT2D eigenvalue weighted by Crippen LogP contribution is -2.41. The van der Waals surface area contributed by atoms with Crippen LogP contribution in [-0.4, -0.2) is 53.1 Å². The molecule has 6 nitrogen and oxygen atoms in total. The molecule has 0 aromatic carbocycles. The standard InChI is InChI=1S/C15H23N3O3S/c1-3-18(11-8-9-22(20,21)10-11)15(19)14-12-6-4-5-7-13(12)17(2)16-14/h11H,3-10H2,1-2H3/t11-/m1/s1. The van der Waals surface area contributed by atoms with Gasteiger partial charge in [0.2, 0.25) is 0 Å². The third kappa shape index (κ3) is 2.66. The van der Waals surface area contributed by atoms with Crippen LogP contribution in [-0.2, 0) is 29.7 Å². The first-order valence-electron chi connectivity index (χ1n) is 7.99. The number of hydrogen-bond donors (Lipinski definition) is 0. The lowest BCUT2D eigenvalue weighted by atomic mass is 9.95. The number of fused-ring (bicyclic) bond motifs is 1. The summed E-state index contributed by atoms with van der Waals surface area (Å²) in [5.41, 5.74) is 2.76. The average Bonchev–Trinajstić information content (AvgIpc) is 3.01. The fraction of sp³-hybridized carbons (Fsp3) is 0.733. The van der Waals surface area contributed by atoms with Gasteiger partial charge in [-0.25, -0.2) is 8.42 Å². The van der Waals surface area contributed by atoms with Crippen molar-refractivity contribution in [2.24, 2.45) is 7.05 Å². The van der Waals surface area contributed by atoms with Gasteiger partial charge in [-0.1, -0.05) is 0 Å². The molecule has 1 aliphatic heterocycles. The van der Waals surface area contributed by atoms with Gasteiger partial charge >= 0.3 is 0 Å². The quantitative estimate of drug-likeness (QED) is 0.829. The minimum Gasteiger partial charge on any atom is -0.333 e. The molecule has 0 N–H and O–H groups in total. The summed E-state index contributed by atoms with van der Waals surface area (Å²) in [7, 11) is -1.11. The molecule has 1 saturated heterocycles. The van der Waals surface area contributed by atoms with E-state index in [1.807, 2.05) is 18.7 Å². The second-order valence-electron chi connectivity index (χ2n) is 6.25. The Morgan fingerprint density at radius 3 is 2.73 bits per heavy atom. The monoisotopic (exact) mass is 325 g/mol. The third-order valence-corrected chi connectivity index (χ3v) is 6.57. The number of sulfone groups is 1. The van der Waals surface area contributed by atoms with Crippen LogP contribution >= 0.6 is 0 Å². The van der Waals surface area contributed by atoms with Gasteiger partial charge < -0.3 is 4.90 Å². The lowest BCUT2D eigenvalue weighted by Gasteiger charge is -2.26. The lowest BCUT2D eigenvalue weighted by molar-refractivity contribution is 0.0700. The Kier molecular flexibility index (Phi) is 4.01. The maximum atomic E-state index is 12.9. The summed E-state index contributed by atoms with van der Waals surface area (Å²) in [4.78, 5) is 14.6. The van der Waals surface area contributed by atoms with Crippen LogP contribution in [0.5, 0.6) is 0 Å². The van der Waals surface area contributed by atoms with Crippen LogP contribution in [0.2, 0.25) is 0 Å². The first-order chi connectivity index (χ1) is 10.4. The van der Waals surface area contributed by atoms with Gasteiger partial charge in [-0.3, -0.25) is 9.48 Å². The molecule has 122 valence electrons. The van der Waals surface area contributed by atoms with Crippen molar-refractivity contribution in [3.63, 3.8) is 0 Å². The highest BCUT2D eigenvalue weighted by Gasteiger charge is 2.36. The van der Waals surface area contributed by atoms with Crippen LogP contribution < -0.4 is 0 Å². The van der Waals surface area contributed by atoms with Crippen LogP contribution in [0.4, 0.5) is 0 Å². The maximum absolute atomic E-state index is 12.9. The second kappa shape index (κ2) is 5.68. The van der Waals surface area contributed by atoms with Gasteiger partial charge in [0.25, 0.3) is 5.91 Å². The van der Waals surface area contributed by atoms with Gasteiger partial charge in [-0.15, -0.1) is 0 Å². The van der Waals surface area contributed by atoms with Crippen molar-refractivity contribution >= 4 is 15.7 Å². The van der Waals surface area contributed by atoms with E-state index in [0.717, 1.165) is 36.9 Å². The molecule has 7 heteroatoms. The molecule has 1 atom stereocenters. The number of aryl methyl sites for hydroxylation is 1. The molecule has 2 heterocycles. The van der Waals surface area contributed by atoms with E-state index in [0.29, 0.717) is 18.7 Å². The van der Waals surface area contributed by atoms with Crippen molar-refractivity contribution in [1.29, 1.82) is 0 Å². The van der Waals surface area contributed by atoms with Gasteiger partial charge in [0, 0.05) is 30.9 Å². The van der Waals surface area contributed by atoms with Crippen LogP contribution in [0, 0.1) is 0 Å². The van der Waals surface area contributed by atoms with E-state index in [1.165, 1.54) is 0 Å². The zero-order chi connectivity index (χ0) is 15.9. The minimum absolute atomic E-state index is 0.0849. The molecule has 2 aliphatic rings. The average molecular weight is 325 g/mol. The van der Waals surface area contributed by atoms with E-state index >= 15 is 0 Å². The first-order valence-corrected chi connectivity index (χ1v) is 9.81. The predicted molar refractivity (Wildman–Crippen MR) is 83.6 cm³/mol. The van der Waals surface area contributed by atoms with Crippen molar-refractivity contribution < 1.29 is 13.2 Å². The van der Waals surface area contributed by atoms with E-state index in [-0.39, 0.29) is 23.5 Å². The van der Waals surface area contributed by atoms with Gasteiger partial charge in [0.15, 0.2) is 15.5 Å². The zero-order valence-electron chi connectivity index (χ0n) is 13.2. The summed E-state index contributed by atoms with van der Waals surface area (Å²) in [6, 6.07) is -0.205. The summed E-state index contributed by atoms with van der Waals surface area (Å²) in [6.07, 6.45) is 4.62. The van der Waals surface area contributed by atoms with Crippen molar-refractivity contribution in [3.8, 4) is 0 Å². The van der Waals surface area contributed by atoms with E-state index in [9.17, 15) is 13.2 Å². The molecule has 3 rings (SSSR count). The summed E-state index contributed by atoms with van der Waals surface area (Å²) in [6.45, 7) is 2.42. The summed E-state index contributed by atoms with van der Waals surface area (Å²) in [5, 5.41) is 4.44. The summed E-state index contributed by atoms with van der Waals surface area (Å²) in [5.74, 6) is 0.159. The summed E-state index contributed by atoms with van der Waals surface area (Å²) >= 11 is 0. The van der Waals surface area contributed by atoms with Gasteiger partial charge in [0.1, 0.15) is 0 Å². The predicted octanol–water partition coefficient (Wildman–Crippen LogP) is 0.948. The molecule has 0 saturated carbocycles. The van der Waals surface area contributed by atoms with Gasteiger partial charge in [0.05, 0.1) is 11.5 Å². The van der Waals surface area contributed by atoms with E-state index in [4.69, 9.17) is 0 Å². The number of rotatable bonds is 3. The molecule has 1 amide bonds. The number of carbonyl (C=O) groups excluding carboxylic acids is 1. The highest BCUT2D eigenvalue weighted by atomic mass is 32.2. The number of amides is 1. The number of hydrogen-bond acceptors (Lipinski definition) is 4. The van der Waals surface area contributed by atoms with Crippen molar-refractivity contribution in [2.45, 2.75) is 45.1 Å². The molecular formula is C15H23N3O3S. The normalized spacial score (nSPS) is 23.3. The van der Waals surface area contributed by atoms with Crippen LogP contribution in [0.25, 0.3) is 0 Å². The SMILES string of the molecule is CCN(C(=O)c1nn(C)c2c1CCCC2)[C@@H]1CCS(=O)(=O)C1. The van der Waals surface area contributed by atoms with Crippen molar-refractivity contribution in [1.82, 2.24) is 14.7 Å². The maximum Gasteiger partial charge on any atom is 0.274 e. The Hall–Kier alpha value is -1.37. The smallest absolute Gasteiger partial charge is 0.274 e. The van der Waals surface area contributed by atoms with Crippen LogP contribution in [0.15, 0.2) is 0 Å². The topological polar surface area (TPSA) is 72.3 Å². The number of aromatic nitrogens is 2. The summed E-state index contributed by atoms with van der Waals surface area (Å²) < 4.78 is 25.2. The van der Waals surface area contributed by atoms with Crippen molar-refractivity contribution in [2.75, 3.05) is 18.1 Å². The molecule has 0 bridgehead atoms. The van der Waals surface area contributed by atoms with E-state index in [1.54, 1.807) is 4.90 Å². The fourth-order valence-corrected chi connectivity index (χ4v) is 5.40. The third-order valence-electron chi connectivity index (χ3n) is 4.82. The molecule has 0 radical (unpaired) electrons. The molecule has 22 heavy (non-hydrogen) atoms. The zero-order valence-corrected chi connectivity index (χ0v) is 14.0. The largest absolute Gasteiger partial charge is 0.333 e. The Morgan fingerprint density at radius 1 is 1.36 bits per heavy atom. The Labute approximate surface area is 131 Å². The van der Waals surface area contributed by atoms with Crippen molar-refractivity contribution in [3.05, 3.63) is 17.0 Å². The first kappa shape index (κ1) is 15.5. The van der Waals surface area contributed by atoms with Gasteiger partial charge in [-0.2, -0.15) is 5.10 Å². The fourth-order valence-electron chi connectivity index (χ4n) is 3.67. The van der Waals surface area contributed by atoms with Crippen LogP contribution in [0.3, 0.4) is 0 Å². The molecule has 0 unspecified atom stereocenters. The molecule has 1 aliphatic carbocycles. The van der Waals surface area contributed by atoms with Crippen LogP contribution in [0.1, 0.15) is 47.9 Å². The Balaban J connectivity index is 1.89. The van der Waals surface area contributed by atoms with E-state index in [2.05, 4.69) is 5.10 Å². The highest BCUT2D eigenvalue weighted by Crippen LogP contribution is 2.26. The number of nitrogens with zero attached hydrogens (tertiary/aromatic N) is 3. The van der Waals surface area contributed by atoms with Gasteiger partial charge in [-0.05, 0) is 39.0 Å². The minimum atomic E-state index is -3.00. The molecule has 1 aromatic rings.